The zero-order valence-electron chi connectivity index (χ0n) is 8.34. The Bertz CT molecular complexity index is 288. The SMILES string of the molecule is CC(C)(C)[C@H](N)c1cccc(Br)c1. The van der Waals surface area contributed by atoms with Crippen LogP contribution in [0.25, 0.3) is 0 Å². The van der Waals surface area contributed by atoms with E-state index >= 15 is 0 Å². The molecule has 13 heavy (non-hydrogen) atoms. The van der Waals surface area contributed by atoms with Gasteiger partial charge in [-0.2, -0.15) is 0 Å². The lowest BCUT2D eigenvalue weighted by molar-refractivity contribution is 0.327. The van der Waals surface area contributed by atoms with Crippen molar-refractivity contribution in [3.05, 3.63) is 34.3 Å². The summed E-state index contributed by atoms with van der Waals surface area (Å²) in [7, 11) is 0. The van der Waals surface area contributed by atoms with E-state index < -0.39 is 0 Å². The van der Waals surface area contributed by atoms with Gasteiger partial charge in [-0.05, 0) is 23.1 Å². The van der Waals surface area contributed by atoms with Gasteiger partial charge in [0.2, 0.25) is 0 Å². The van der Waals surface area contributed by atoms with E-state index in [9.17, 15) is 0 Å². The highest BCUT2D eigenvalue weighted by molar-refractivity contribution is 9.10. The Labute approximate surface area is 88.5 Å². The van der Waals surface area contributed by atoms with Gasteiger partial charge in [0.25, 0.3) is 0 Å². The van der Waals surface area contributed by atoms with Crippen LogP contribution in [0.15, 0.2) is 28.7 Å². The van der Waals surface area contributed by atoms with E-state index in [1.807, 2.05) is 12.1 Å². The molecule has 0 bridgehead atoms. The minimum absolute atomic E-state index is 0.0880. The molecule has 0 aliphatic rings. The maximum atomic E-state index is 6.12. The van der Waals surface area contributed by atoms with E-state index in [4.69, 9.17) is 5.73 Å². The average molecular weight is 242 g/mol. The van der Waals surface area contributed by atoms with Crippen molar-refractivity contribution in [3.8, 4) is 0 Å². The summed E-state index contributed by atoms with van der Waals surface area (Å²) in [6.45, 7) is 6.45. The van der Waals surface area contributed by atoms with Gasteiger partial charge < -0.3 is 5.73 Å². The zero-order valence-corrected chi connectivity index (χ0v) is 9.93. The third-order valence-corrected chi connectivity index (χ3v) is 2.63. The first kappa shape index (κ1) is 10.7. The standard InChI is InChI=1S/C11H16BrN/c1-11(2,3)10(13)8-5-4-6-9(12)7-8/h4-7,10H,13H2,1-3H3/t10-/m1/s1. The molecule has 72 valence electrons. The van der Waals surface area contributed by atoms with Crippen molar-refractivity contribution in [2.75, 3.05) is 0 Å². The molecule has 2 N–H and O–H groups in total. The van der Waals surface area contributed by atoms with Gasteiger partial charge in [-0.25, -0.2) is 0 Å². The fourth-order valence-electron chi connectivity index (χ4n) is 1.20. The molecule has 1 atom stereocenters. The summed E-state index contributed by atoms with van der Waals surface area (Å²) in [5, 5.41) is 0. The van der Waals surface area contributed by atoms with Crippen LogP contribution in [0.4, 0.5) is 0 Å². The lowest BCUT2D eigenvalue weighted by Gasteiger charge is -2.27. The predicted octanol–water partition coefficient (Wildman–Crippen LogP) is 3.50. The molecule has 1 nitrogen and oxygen atoms in total. The van der Waals surface area contributed by atoms with Crippen LogP contribution in [0.5, 0.6) is 0 Å². The minimum atomic E-state index is 0.0880. The second kappa shape index (κ2) is 3.81. The first-order valence-electron chi connectivity index (χ1n) is 4.42. The number of hydrogen-bond donors (Lipinski definition) is 1. The Morgan fingerprint density at radius 1 is 1.31 bits per heavy atom. The summed E-state index contributed by atoms with van der Waals surface area (Å²) in [6, 6.07) is 8.27. The molecule has 0 radical (unpaired) electrons. The van der Waals surface area contributed by atoms with Crippen LogP contribution >= 0.6 is 15.9 Å². The van der Waals surface area contributed by atoms with Crippen molar-refractivity contribution in [1.29, 1.82) is 0 Å². The van der Waals surface area contributed by atoms with Crippen LogP contribution in [-0.2, 0) is 0 Å². The normalized spacial score (nSPS) is 14.2. The van der Waals surface area contributed by atoms with Crippen molar-refractivity contribution in [1.82, 2.24) is 0 Å². The third-order valence-electron chi connectivity index (χ3n) is 2.14. The van der Waals surface area contributed by atoms with Crippen LogP contribution < -0.4 is 5.73 Å². The van der Waals surface area contributed by atoms with Crippen LogP contribution in [0, 0.1) is 5.41 Å². The molecule has 0 amide bonds. The monoisotopic (exact) mass is 241 g/mol. The van der Waals surface area contributed by atoms with Gasteiger partial charge in [-0.15, -0.1) is 0 Å². The number of halogens is 1. The molecule has 0 heterocycles. The molecule has 0 aliphatic carbocycles. The average Bonchev–Trinajstić information content (AvgIpc) is 2.01. The Kier molecular flexibility index (Phi) is 3.14. The highest BCUT2D eigenvalue weighted by Gasteiger charge is 2.21. The highest BCUT2D eigenvalue weighted by Crippen LogP contribution is 2.31. The number of nitrogens with two attached hydrogens (primary N) is 1. The topological polar surface area (TPSA) is 26.0 Å². The molecular formula is C11H16BrN. The van der Waals surface area contributed by atoms with Crippen molar-refractivity contribution in [2.24, 2.45) is 11.1 Å². The van der Waals surface area contributed by atoms with E-state index in [0.29, 0.717) is 0 Å². The fourth-order valence-corrected chi connectivity index (χ4v) is 1.62. The second-order valence-corrected chi connectivity index (χ2v) is 5.31. The summed E-state index contributed by atoms with van der Waals surface area (Å²) >= 11 is 3.44. The summed E-state index contributed by atoms with van der Waals surface area (Å²) in [5.41, 5.74) is 7.41. The maximum absolute atomic E-state index is 6.12. The first-order valence-corrected chi connectivity index (χ1v) is 5.21. The van der Waals surface area contributed by atoms with Gasteiger partial charge in [0.05, 0.1) is 0 Å². The van der Waals surface area contributed by atoms with E-state index in [-0.39, 0.29) is 11.5 Å². The van der Waals surface area contributed by atoms with E-state index in [1.165, 1.54) is 5.56 Å². The molecule has 0 aromatic heterocycles. The van der Waals surface area contributed by atoms with Crippen molar-refractivity contribution in [3.63, 3.8) is 0 Å². The van der Waals surface area contributed by atoms with Crippen LogP contribution in [0.2, 0.25) is 0 Å². The summed E-state index contributed by atoms with van der Waals surface area (Å²) in [5.74, 6) is 0. The Morgan fingerprint density at radius 3 is 2.38 bits per heavy atom. The molecule has 0 aliphatic heterocycles. The predicted molar refractivity (Wildman–Crippen MR) is 60.5 cm³/mol. The lowest BCUT2D eigenvalue weighted by Crippen LogP contribution is -2.26. The number of hydrogen-bond acceptors (Lipinski definition) is 1. The Morgan fingerprint density at radius 2 is 1.92 bits per heavy atom. The summed E-state index contributed by atoms with van der Waals surface area (Å²) in [4.78, 5) is 0. The number of rotatable bonds is 1. The maximum Gasteiger partial charge on any atom is 0.0344 e. The zero-order chi connectivity index (χ0) is 10.1. The molecule has 0 fully saturated rings. The highest BCUT2D eigenvalue weighted by atomic mass is 79.9. The Hall–Kier alpha value is -0.340. The van der Waals surface area contributed by atoms with Crippen molar-refractivity contribution in [2.45, 2.75) is 26.8 Å². The van der Waals surface area contributed by atoms with E-state index in [1.54, 1.807) is 0 Å². The van der Waals surface area contributed by atoms with Gasteiger partial charge in [0.15, 0.2) is 0 Å². The second-order valence-electron chi connectivity index (χ2n) is 4.40. The largest absolute Gasteiger partial charge is 0.324 e. The van der Waals surface area contributed by atoms with Crippen LogP contribution in [-0.4, -0.2) is 0 Å². The molecule has 2 heteroatoms. The molecule has 0 unspecified atom stereocenters. The smallest absolute Gasteiger partial charge is 0.0344 e. The fraction of sp³-hybridized carbons (Fsp3) is 0.455. The lowest BCUT2D eigenvalue weighted by atomic mass is 9.83. The molecule has 1 aromatic carbocycles. The summed E-state index contributed by atoms with van der Waals surface area (Å²) < 4.78 is 1.09. The molecule has 0 saturated carbocycles. The van der Waals surface area contributed by atoms with Crippen LogP contribution in [0.3, 0.4) is 0 Å². The van der Waals surface area contributed by atoms with Gasteiger partial charge in [-0.1, -0.05) is 48.8 Å². The molecule has 1 rings (SSSR count). The van der Waals surface area contributed by atoms with Crippen LogP contribution in [0.1, 0.15) is 32.4 Å². The molecule has 1 aromatic rings. The molecule has 0 saturated heterocycles. The summed E-state index contributed by atoms with van der Waals surface area (Å²) in [6.07, 6.45) is 0. The van der Waals surface area contributed by atoms with Crippen molar-refractivity contribution < 1.29 is 0 Å². The molecular weight excluding hydrogens is 226 g/mol. The Balaban J connectivity index is 2.96. The minimum Gasteiger partial charge on any atom is -0.324 e. The van der Waals surface area contributed by atoms with E-state index in [0.717, 1.165) is 4.47 Å². The van der Waals surface area contributed by atoms with E-state index in [2.05, 4.69) is 48.8 Å². The van der Waals surface area contributed by atoms with Gasteiger partial charge in [0, 0.05) is 10.5 Å². The van der Waals surface area contributed by atoms with Gasteiger partial charge >= 0.3 is 0 Å². The first-order chi connectivity index (χ1) is 5.91. The molecule has 0 spiro atoms. The third kappa shape index (κ3) is 2.82. The van der Waals surface area contributed by atoms with Crippen molar-refractivity contribution >= 4 is 15.9 Å². The van der Waals surface area contributed by atoms with Gasteiger partial charge in [0.1, 0.15) is 0 Å². The quantitative estimate of drug-likeness (QED) is 0.801. The number of benzene rings is 1. The van der Waals surface area contributed by atoms with Gasteiger partial charge in [-0.3, -0.25) is 0 Å².